The number of nitrogens with one attached hydrogen (secondary N) is 1. The minimum Gasteiger partial charge on any atom is -0.494 e. The molecule has 100 valence electrons. The van der Waals surface area contributed by atoms with Crippen molar-refractivity contribution in [3.63, 3.8) is 0 Å². The number of alkyl halides is 1. The summed E-state index contributed by atoms with van der Waals surface area (Å²) in [5, 5.41) is 2.79. The van der Waals surface area contributed by atoms with E-state index >= 15 is 0 Å². The van der Waals surface area contributed by atoms with Crippen molar-refractivity contribution in [2.45, 2.75) is 31.7 Å². The molecule has 2 unspecified atom stereocenters. The summed E-state index contributed by atoms with van der Waals surface area (Å²) in [5.41, 5.74) is 0.363. The molecular formula is C13H17ClFNO2. The van der Waals surface area contributed by atoms with Crippen molar-refractivity contribution in [1.82, 2.24) is 5.32 Å². The molecule has 0 radical (unpaired) electrons. The molecule has 1 amide bonds. The average molecular weight is 274 g/mol. The second-order valence-electron chi connectivity index (χ2n) is 4.24. The summed E-state index contributed by atoms with van der Waals surface area (Å²) in [5.74, 6) is -0.699. The molecule has 0 aromatic heterocycles. The average Bonchev–Trinajstić information content (AvgIpc) is 2.28. The Hall–Kier alpha value is -1.29. The van der Waals surface area contributed by atoms with E-state index in [9.17, 15) is 9.18 Å². The molecular weight excluding hydrogens is 257 g/mol. The number of carbonyl (C=O) groups excluding carboxylic acids is 1. The van der Waals surface area contributed by atoms with Gasteiger partial charge in [-0.25, -0.2) is 4.39 Å². The normalized spacial score (nSPS) is 13.8. The van der Waals surface area contributed by atoms with E-state index in [1.807, 2.05) is 13.8 Å². The molecule has 1 aromatic carbocycles. The summed E-state index contributed by atoms with van der Waals surface area (Å²) in [6, 6.07) is 3.97. The zero-order valence-corrected chi connectivity index (χ0v) is 11.4. The minimum absolute atomic E-state index is 0.0111. The fourth-order valence-corrected chi connectivity index (χ4v) is 1.92. The number of halogens is 2. The van der Waals surface area contributed by atoms with Crippen molar-refractivity contribution in [3.8, 4) is 5.75 Å². The van der Waals surface area contributed by atoms with E-state index in [2.05, 4.69) is 5.32 Å². The van der Waals surface area contributed by atoms with Gasteiger partial charge in [-0.15, -0.1) is 11.6 Å². The van der Waals surface area contributed by atoms with Crippen molar-refractivity contribution < 1.29 is 13.9 Å². The van der Waals surface area contributed by atoms with Gasteiger partial charge in [0.25, 0.3) is 5.91 Å². The molecule has 0 saturated heterocycles. The van der Waals surface area contributed by atoms with Crippen molar-refractivity contribution >= 4 is 17.5 Å². The van der Waals surface area contributed by atoms with E-state index in [4.69, 9.17) is 16.3 Å². The zero-order chi connectivity index (χ0) is 13.7. The SMILES string of the molecule is COc1cc(C(=O)NC(C)CC(C)Cl)ccc1F. The summed E-state index contributed by atoms with van der Waals surface area (Å²) in [6.07, 6.45) is 0.672. The van der Waals surface area contributed by atoms with Gasteiger partial charge in [-0.05, 0) is 38.5 Å². The third-order valence-electron chi connectivity index (χ3n) is 2.47. The lowest BCUT2D eigenvalue weighted by Crippen LogP contribution is -2.33. The van der Waals surface area contributed by atoms with Crippen molar-refractivity contribution in [2.75, 3.05) is 7.11 Å². The Morgan fingerprint density at radius 1 is 1.50 bits per heavy atom. The summed E-state index contributed by atoms with van der Waals surface area (Å²) >= 11 is 5.85. The van der Waals surface area contributed by atoms with Crippen molar-refractivity contribution in [2.24, 2.45) is 0 Å². The van der Waals surface area contributed by atoms with Crippen LogP contribution in [0.15, 0.2) is 18.2 Å². The summed E-state index contributed by atoms with van der Waals surface area (Å²) in [7, 11) is 1.36. The van der Waals surface area contributed by atoms with Gasteiger partial charge in [-0.1, -0.05) is 0 Å². The van der Waals surface area contributed by atoms with E-state index in [0.29, 0.717) is 12.0 Å². The molecule has 18 heavy (non-hydrogen) atoms. The minimum atomic E-state index is -0.489. The maximum atomic E-state index is 13.2. The van der Waals surface area contributed by atoms with Gasteiger partial charge >= 0.3 is 0 Å². The third-order valence-corrected chi connectivity index (χ3v) is 2.65. The molecule has 3 nitrogen and oxygen atoms in total. The number of hydrogen-bond donors (Lipinski definition) is 1. The number of amides is 1. The highest BCUT2D eigenvalue weighted by atomic mass is 35.5. The van der Waals surface area contributed by atoms with Gasteiger partial charge in [0.15, 0.2) is 11.6 Å². The van der Waals surface area contributed by atoms with Crippen LogP contribution in [0.2, 0.25) is 0 Å². The molecule has 0 saturated carbocycles. The molecule has 0 aliphatic rings. The maximum Gasteiger partial charge on any atom is 0.251 e. The molecule has 1 aromatic rings. The molecule has 0 spiro atoms. The number of carbonyl (C=O) groups is 1. The van der Waals surface area contributed by atoms with Crippen LogP contribution < -0.4 is 10.1 Å². The van der Waals surface area contributed by atoms with Crippen LogP contribution in [0.5, 0.6) is 5.75 Å². The number of rotatable bonds is 5. The molecule has 0 heterocycles. The zero-order valence-electron chi connectivity index (χ0n) is 10.7. The first kappa shape index (κ1) is 14.8. The fourth-order valence-electron chi connectivity index (χ4n) is 1.65. The summed E-state index contributed by atoms with van der Waals surface area (Å²) < 4.78 is 18.0. The lowest BCUT2D eigenvalue weighted by atomic mass is 10.1. The van der Waals surface area contributed by atoms with Gasteiger partial charge in [-0.2, -0.15) is 0 Å². The topological polar surface area (TPSA) is 38.3 Å². The quantitative estimate of drug-likeness (QED) is 0.838. The maximum absolute atomic E-state index is 13.2. The Morgan fingerprint density at radius 2 is 2.17 bits per heavy atom. The van der Waals surface area contributed by atoms with Crippen LogP contribution in [-0.4, -0.2) is 24.4 Å². The second-order valence-corrected chi connectivity index (χ2v) is 4.99. The fraction of sp³-hybridized carbons (Fsp3) is 0.462. The third kappa shape index (κ3) is 4.18. The van der Waals surface area contributed by atoms with Gasteiger partial charge < -0.3 is 10.1 Å². The van der Waals surface area contributed by atoms with Crippen LogP contribution >= 0.6 is 11.6 Å². The van der Waals surface area contributed by atoms with Gasteiger partial charge in [0.05, 0.1) is 7.11 Å². The first-order valence-corrected chi connectivity index (χ1v) is 6.16. The van der Waals surface area contributed by atoms with Gasteiger partial charge in [0.2, 0.25) is 0 Å². The molecule has 5 heteroatoms. The molecule has 1 N–H and O–H groups in total. The predicted molar refractivity (Wildman–Crippen MR) is 69.8 cm³/mol. The monoisotopic (exact) mass is 273 g/mol. The molecule has 2 atom stereocenters. The van der Waals surface area contributed by atoms with E-state index in [1.54, 1.807) is 0 Å². The molecule has 0 fully saturated rings. The highest BCUT2D eigenvalue weighted by Gasteiger charge is 2.13. The number of ether oxygens (including phenoxy) is 1. The van der Waals surface area contributed by atoms with Crippen LogP contribution in [0.25, 0.3) is 0 Å². The Balaban J connectivity index is 2.72. The first-order chi connectivity index (χ1) is 8.43. The van der Waals surface area contributed by atoms with Crippen LogP contribution in [0.4, 0.5) is 4.39 Å². The molecule has 0 bridgehead atoms. The first-order valence-electron chi connectivity index (χ1n) is 5.72. The van der Waals surface area contributed by atoms with Crippen molar-refractivity contribution in [3.05, 3.63) is 29.6 Å². The van der Waals surface area contributed by atoms with E-state index in [-0.39, 0.29) is 23.1 Å². The Kier molecular flexibility index (Phi) is 5.41. The highest BCUT2D eigenvalue weighted by Crippen LogP contribution is 2.18. The van der Waals surface area contributed by atoms with Gasteiger partial charge in [-0.3, -0.25) is 4.79 Å². The lowest BCUT2D eigenvalue weighted by Gasteiger charge is -2.15. The molecule has 0 aliphatic heterocycles. The van der Waals surface area contributed by atoms with E-state index in [1.165, 1.54) is 25.3 Å². The summed E-state index contributed by atoms with van der Waals surface area (Å²) in [6.45, 7) is 3.74. The van der Waals surface area contributed by atoms with Crippen LogP contribution in [0.1, 0.15) is 30.6 Å². The Labute approximate surface area is 111 Å². The van der Waals surface area contributed by atoms with Crippen LogP contribution in [0.3, 0.4) is 0 Å². The van der Waals surface area contributed by atoms with E-state index in [0.717, 1.165) is 0 Å². The second kappa shape index (κ2) is 6.59. The lowest BCUT2D eigenvalue weighted by molar-refractivity contribution is 0.0938. The Bertz CT molecular complexity index is 423. The number of benzene rings is 1. The summed E-state index contributed by atoms with van der Waals surface area (Å²) in [4.78, 5) is 11.9. The predicted octanol–water partition coefficient (Wildman–Crippen LogP) is 2.97. The largest absolute Gasteiger partial charge is 0.494 e. The number of hydrogen-bond acceptors (Lipinski definition) is 2. The van der Waals surface area contributed by atoms with E-state index < -0.39 is 5.82 Å². The Morgan fingerprint density at radius 3 is 2.72 bits per heavy atom. The number of methoxy groups -OCH3 is 1. The molecule has 1 rings (SSSR count). The van der Waals surface area contributed by atoms with Crippen molar-refractivity contribution in [1.29, 1.82) is 0 Å². The molecule has 0 aliphatic carbocycles. The smallest absolute Gasteiger partial charge is 0.251 e. The highest BCUT2D eigenvalue weighted by molar-refractivity contribution is 6.20. The van der Waals surface area contributed by atoms with Gasteiger partial charge in [0.1, 0.15) is 0 Å². The standard InChI is InChI=1S/C13H17ClFNO2/c1-8(14)6-9(2)16-13(17)10-4-5-11(15)12(7-10)18-3/h4-5,7-9H,6H2,1-3H3,(H,16,17). The van der Waals surface area contributed by atoms with Crippen LogP contribution in [-0.2, 0) is 0 Å². The van der Waals surface area contributed by atoms with Crippen LogP contribution in [0, 0.1) is 5.82 Å². The van der Waals surface area contributed by atoms with Gasteiger partial charge in [0, 0.05) is 17.0 Å².